The predicted molar refractivity (Wildman–Crippen MR) is 66.8 cm³/mol. The molecule has 4 nitrogen and oxygen atoms in total. The lowest BCUT2D eigenvalue weighted by Crippen LogP contribution is -2.04. The molecule has 0 spiro atoms. The van der Waals surface area contributed by atoms with E-state index in [9.17, 15) is 0 Å². The summed E-state index contributed by atoms with van der Waals surface area (Å²) in [7, 11) is 0. The highest BCUT2D eigenvalue weighted by Crippen LogP contribution is 2.11. The summed E-state index contributed by atoms with van der Waals surface area (Å²) in [5, 5.41) is 3.35. The molecule has 0 saturated heterocycles. The van der Waals surface area contributed by atoms with Crippen LogP contribution in [-0.2, 0) is 6.54 Å². The van der Waals surface area contributed by atoms with Crippen molar-refractivity contribution in [1.29, 1.82) is 0 Å². The molecule has 4 heteroatoms. The highest BCUT2D eigenvalue weighted by Gasteiger charge is 1.99. The summed E-state index contributed by atoms with van der Waals surface area (Å²) in [6, 6.07) is 11.9. The molecule has 0 fully saturated rings. The summed E-state index contributed by atoms with van der Waals surface area (Å²) >= 11 is 0. The number of aromatic nitrogens is 3. The first kappa shape index (κ1) is 9.84. The molecule has 3 rings (SSSR count). The molecule has 17 heavy (non-hydrogen) atoms. The first-order valence-electron chi connectivity index (χ1n) is 5.49. The fourth-order valence-corrected chi connectivity index (χ4v) is 1.78. The van der Waals surface area contributed by atoms with Crippen LogP contribution in [0.2, 0.25) is 0 Å². The summed E-state index contributed by atoms with van der Waals surface area (Å²) in [5.41, 5.74) is 1.96. The molecule has 0 aromatic carbocycles. The monoisotopic (exact) mass is 224 g/mol. The van der Waals surface area contributed by atoms with Gasteiger partial charge < -0.3 is 5.32 Å². The van der Waals surface area contributed by atoms with E-state index in [0.29, 0.717) is 6.54 Å². The van der Waals surface area contributed by atoms with Gasteiger partial charge in [-0.3, -0.25) is 9.38 Å². The molecule has 0 radical (unpaired) electrons. The largest absolute Gasteiger partial charge is 0.365 e. The second kappa shape index (κ2) is 4.25. The molecule has 3 aromatic rings. The zero-order valence-corrected chi connectivity index (χ0v) is 9.24. The Hall–Kier alpha value is -2.36. The van der Waals surface area contributed by atoms with E-state index in [1.807, 2.05) is 47.0 Å². The third kappa shape index (κ3) is 1.97. The van der Waals surface area contributed by atoms with Crippen LogP contribution in [0.25, 0.3) is 5.65 Å². The van der Waals surface area contributed by atoms with Crippen molar-refractivity contribution in [2.24, 2.45) is 0 Å². The van der Waals surface area contributed by atoms with Crippen LogP contribution < -0.4 is 5.32 Å². The van der Waals surface area contributed by atoms with E-state index in [1.165, 1.54) is 0 Å². The number of hydrogen-bond donors (Lipinski definition) is 1. The van der Waals surface area contributed by atoms with Gasteiger partial charge in [0.25, 0.3) is 0 Å². The first-order valence-corrected chi connectivity index (χ1v) is 5.49. The summed E-state index contributed by atoms with van der Waals surface area (Å²) in [4.78, 5) is 8.52. The van der Waals surface area contributed by atoms with E-state index in [0.717, 1.165) is 17.2 Å². The van der Waals surface area contributed by atoms with Crippen LogP contribution in [0, 0.1) is 0 Å². The smallest absolute Gasteiger partial charge is 0.138 e. The average Bonchev–Trinajstić information content (AvgIpc) is 2.86. The fraction of sp³-hybridized carbons (Fsp3) is 0.0769. The third-order valence-corrected chi connectivity index (χ3v) is 2.61. The van der Waals surface area contributed by atoms with Gasteiger partial charge >= 0.3 is 0 Å². The van der Waals surface area contributed by atoms with Crippen molar-refractivity contribution in [3.05, 3.63) is 60.7 Å². The lowest BCUT2D eigenvalue weighted by atomic mass is 10.3. The van der Waals surface area contributed by atoms with Gasteiger partial charge in [-0.05, 0) is 24.3 Å². The number of pyridine rings is 2. The Balaban J connectivity index is 1.84. The molecule has 3 aromatic heterocycles. The second-order valence-electron chi connectivity index (χ2n) is 3.74. The molecule has 0 amide bonds. The van der Waals surface area contributed by atoms with Gasteiger partial charge in [0.2, 0.25) is 0 Å². The molecule has 0 unspecified atom stereocenters. The van der Waals surface area contributed by atoms with E-state index in [-0.39, 0.29) is 0 Å². The fourth-order valence-electron chi connectivity index (χ4n) is 1.78. The van der Waals surface area contributed by atoms with E-state index in [1.54, 1.807) is 12.4 Å². The number of imidazole rings is 1. The van der Waals surface area contributed by atoms with Crippen LogP contribution in [0.1, 0.15) is 5.69 Å². The Morgan fingerprint density at radius 3 is 2.88 bits per heavy atom. The molecule has 0 aliphatic carbocycles. The molecule has 0 aliphatic heterocycles. The number of hydrogen-bond acceptors (Lipinski definition) is 3. The summed E-state index contributed by atoms with van der Waals surface area (Å²) in [5.74, 6) is 1.02. The minimum Gasteiger partial charge on any atom is -0.365 e. The lowest BCUT2D eigenvalue weighted by molar-refractivity contribution is 1.01. The minimum atomic E-state index is 0.706. The third-order valence-electron chi connectivity index (χ3n) is 2.61. The van der Waals surface area contributed by atoms with Crippen LogP contribution >= 0.6 is 0 Å². The Bertz CT molecular complexity index is 615. The maximum absolute atomic E-state index is 4.27. The lowest BCUT2D eigenvalue weighted by Gasteiger charge is -2.08. The van der Waals surface area contributed by atoms with Gasteiger partial charge in [0.15, 0.2) is 0 Å². The molecule has 0 atom stereocenters. The minimum absolute atomic E-state index is 0.706. The Morgan fingerprint density at radius 2 is 2.00 bits per heavy atom. The van der Waals surface area contributed by atoms with Gasteiger partial charge in [-0.25, -0.2) is 4.98 Å². The molecule has 0 saturated carbocycles. The number of anilines is 1. The Morgan fingerprint density at radius 1 is 1.00 bits per heavy atom. The van der Waals surface area contributed by atoms with Gasteiger partial charge in [-0.2, -0.15) is 0 Å². The van der Waals surface area contributed by atoms with Gasteiger partial charge in [0.05, 0.1) is 12.2 Å². The van der Waals surface area contributed by atoms with E-state index < -0.39 is 0 Å². The van der Waals surface area contributed by atoms with Gasteiger partial charge in [-0.1, -0.05) is 12.1 Å². The standard InChI is InChI=1S/C13H12N4/c1-2-7-14-11(4-1)10-16-13-6-3-5-12-15-8-9-17(12)13/h1-9,16H,10H2. The summed E-state index contributed by atoms with van der Waals surface area (Å²) in [6.45, 7) is 0.706. The molecule has 84 valence electrons. The van der Waals surface area contributed by atoms with Crippen LogP contribution in [-0.4, -0.2) is 14.4 Å². The van der Waals surface area contributed by atoms with E-state index >= 15 is 0 Å². The molecular formula is C13H12N4. The number of fused-ring (bicyclic) bond motifs is 1. The van der Waals surface area contributed by atoms with Crippen molar-refractivity contribution in [2.75, 3.05) is 5.32 Å². The molecule has 0 bridgehead atoms. The first-order chi connectivity index (χ1) is 8.43. The topological polar surface area (TPSA) is 42.2 Å². The quantitative estimate of drug-likeness (QED) is 0.742. The number of nitrogens with one attached hydrogen (secondary N) is 1. The van der Waals surface area contributed by atoms with Crippen molar-refractivity contribution < 1.29 is 0 Å². The van der Waals surface area contributed by atoms with Gasteiger partial charge in [0, 0.05) is 18.6 Å². The Labute approximate surface area is 99.0 Å². The van der Waals surface area contributed by atoms with Gasteiger partial charge in [-0.15, -0.1) is 0 Å². The summed E-state index contributed by atoms with van der Waals surface area (Å²) in [6.07, 6.45) is 5.53. The number of rotatable bonds is 3. The summed E-state index contributed by atoms with van der Waals surface area (Å²) < 4.78 is 2.02. The zero-order valence-electron chi connectivity index (χ0n) is 9.24. The zero-order chi connectivity index (χ0) is 11.5. The molecule has 3 heterocycles. The van der Waals surface area contributed by atoms with Crippen molar-refractivity contribution in [3.63, 3.8) is 0 Å². The highest BCUT2D eigenvalue weighted by molar-refractivity contribution is 5.49. The predicted octanol–water partition coefficient (Wildman–Crippen LogP) is 2.34. The average molecular weight is 224 g/mol. The van der Waals surface area contributed by atoms with E-state index in [4.69, 9.17) is 0 Å². The van der Waals surface area contributed by atoms with Crippen LogP contribution in [0.4, 0.5) is 5.82 Å². The van der Waals surface area contributed by atoms with Crippen molar-refractivity contribution in [2.45, 2.75) is 6.54 Å². The SMILES string of the molecule is c1ccc(CNc2cccc3nccn23)nc1. The van der Waals surface area contributed by atoms with Gasteiger partial charge in [0.1, 0.15) is 11.5 Å². The molecule has 0 aliphatic rings. The van der Waals surface area contributed by atoms with E-state index in [2.05, 4.69) is 15.3 Å². The number of nitrogens with zero attached hydrogens (tertiary/aromatic N) is 3. The molecular weight excluding hydrogens is 212 g/mol. The normalized spacial score (nSPS) is 10.6. The van der Waals surface area contributed by atoms with Crippen LogP contribution in [0.3, 0.4) is 0 Å². The molecule has 1 N–H and O–H groups in total. The van der Waals surface area contributed by atoms with Crippen molar-refractivity contribution >= 4 is 11.5 Å². The van der Waals surface area contributed by atoms with Crippen molar-refractivity contribution in [1.82, 2.24) is 14.4 Å². The van der Waals surface area contributed by atoms with Crippen LogP contribution in [0.5, 0.6) is 0 Å². The second-order valence-corrected chi connectivity index (χ2v) is 3.74. The highest BCUT2D eigenvalue weighted by atomic mass is 15.1. The Kier molecular flexibility index (Phi) is 2.46. The maximum atomic E-state index is 4.27. The van der Waals surface area contributed by atoms with Crippen LogP contribution in [0.15, 0.2) is 55.0 Å². The maximum Gasteiger partial charge on any atom is 0.138 e. The van der Waals surface area contributed by atoms with Crippen molar-refractivity contribution in [3.8, 4) is 0 Å².